The van der Waals surface area contributed by atoms with Crippen LogP contribution in [0.15, 0.2) is 33.6 Å². The van der Waals surface area contributed by atoms with Gasteiger partial charge in [-0.15, -0.1) is 11.3 Å². The van der Waals surface area contributed by atoms with Crippen molar-refractivity contribution in [3.63, 3.8) is 0 Å². The highest BCUT2D eigenvalue weighted by atomic mass is 32.2. The number of alkyl halides is 3. The van der Waals surface area contributed by atoms with Crippen molar-refractivity contribution in [1.29, 1.82) is 0 Å². The van der Waals surface area contributed by atoms with Crippen LogP contribution in [0.25, 0.3) is 0 Å². The molecule has 2 aromatic heterocycles. The van der Waals surface area contributed by atoms with Gasteiger partial charge in [-0.05, 0) is 32.0 Å². The number of nitrogens with two attached hydrogens (primary N) is 1. The van der Waals surface area contributed by atoms with E-state index in [1.54, 1.807) is 0 Å². The number of thiophene rings is 1. The van der Waals surface area contributed by atoms with Crippen molar-refractivity contribution in [2.24, 2.45) is 5.73 Å². The topological polar surface area (TPSA) is 139 Å². The summed E-state index contributed by atoms with van der Waals surface area (Å²) in [6.45, 7) is 2.28. The number of anilines is 1. The number of hydrogen-bond acceptors (Lipinski definition) is 7. The molecule has 0 aliphatic rings. The molecule has 0 spiro atoms. The summed E-state index contributed by atoms with van der Waals surface area (Å²) in [6, 6.07) is 2.23. The first-order chi connectivity index (χ1) is 12.7. The molecule has 4 N–H and O–H groups in total. The summed E-state index contributed by atoms with van der Waals surface area (Å²) in [4.78, 5) is 26.8. The van der Waals surface area contributed by atoms with Gasteiger partial charge in [-0.25, -0.2) is 13.4 Å². The molecule has 2 aromatic rings. The predicted octanol–water partition coefficient (Wildman–Crippen LogP) is 1.80. The molecule has 0 unspecified atom stereocenters. The first-order valence-corrected chi connectivity index (χ1v) is 9.70. The Kier molecular flexibility index (Phi) is 5.56. The van der Waals surface area contributed by atoms with Crippen molar-refractivity contribution in [3.05, 3.63) is 35.5 Å². The van der Waals surface area contributed by atoms with E-state index in [0.29, 0.717) is 17.4 Å². The average Bonchev–Trinajstić information content (AvgIpc) is 2.98. The number of sulfone groups is 1. The second-order valence-corrected chi connectivity index (χ2v) is 9.19. The molecule has 2 amide bonds. The van der Waals surface area contributed by atoms with Crippen LogP contribution in [-0.4, -0.2) is 35.9 Å². The monoisotopic (exact) mass is 437 g/mol. The highest BCUT2D eigenvalue weighted by molar-refractivity contribution is 7.93. The molecule has 13 heteroatoms. The first-order valence-electron chi connectivity index (χ1n) is 7.40. The van der Waals surface area contributed by atoms with E-state index in [4.69, 9.17) is 5.73 Å². The number of aliphatic hydroxyl groups is 1. The highest BCUT2D eigenvalue weighted by Gasteiger charge is 2.39. The van der Waals surface area contributed by atoms with E-state index in [0.717, 1.165) is 32.2 Å². The van der Waals surface area contributed by atoms with Gasteiger partial charge in [0.1, 0.15) is 14.8 Å². The van der Waals surface area contributed by atoms with Gasteiger partial charge < -0.3 is 16.2 Å². The van der Waals surface area contributed by atoms with Crippen molar-refractivity contribution < 1.29 is 36.3 Å². The van der Waals surface area contributed by atoms with Crippen LogP contribution in [0.3, 0.4) is 0 Å². The zero-order valence-corrected chi connectivity index (χ0v) is 16.0. The molecule has 0 aliphatic heterocycles. The number of aromatic nitrogens is 1. The second-order valence-electron chi connectivity index (χ2n) is 6.04. The number of amides is 2. The molecular weight excluding hydrogens is 423 g/mol. The van der Waals surface area contributed by atoms with Gasteiger partial charge in [-0.1, -0.05) is 0 Å². The molecular formula is C15H14F3N3O5S2. The lowest BCUT2D eigenvalue weighted by atomic mass is 10.1. The van der Waals surface area contributed by atoms with Crippen LogP contribution in [0.4, 0.5) is 18.2 Å². The quantitative estimate of drug-likeness (QED) is 0.652. The minimum Gasteiger partial charge on any atom is -0.381 e. The minimum absolute atomic E-state index is 0.314. The summed E-state index contributed by atoms with van der Waals surface area (Å²) in [5, 5.41) is 10.2. The summed E-state index contributed by atoms with van der Waals surface area (Å²) in [6.07, 6.45) is -4.11. The SMILES string of the molecule is CC(C)(O)C(=O)Nc1sc(S(=O)(=O)c2ncccc2C(F)(F)F)cc1C(N)=O. The molecule has 0 saturated carbocycles. The third-order valence-corrected chi connectivity index (χ3v) is 6.59. The number of nitrogens with one attached hydrogen (secondary N) is 1. The molecule has 0 saturated heterocycles. The van der Waals surface area contributed by atoms with Gasteiger partial charge in [0.05, 0.1) is 11.1 Å². The zero-order chi connectivity index (χ0) is 21.5. The molecule has 0 fully saturated rings. The fourth-order valence-corrected chi connectivity index (χ4v) is 4.80. The van der Waals surface area contributed by atoms with Crippen molar-refractivity contribution in [3.8, 4) is 0 Å². The van der Waals surface area contributed by atoms with Gasteiger partial charge in [0, 0.05) is 6.20 Å². The number of rotatable bonds is 5. The normalized spacial score (nSPS) is 12.6. The van der Waals surface area contributed by atoms with Crippen molar-refractivity contribution in [2.75, 3.05) is 5.32 Å². The molecule has 2 heterocycles. The number of hydrogen-bond donors (Lipinski definition) is 3. The molecule has 0 radical (unpaired) electrons. The highest BCUT2D eigenvalue weighted by Crippen LogP contribution is 2.39. The van der Waals surface area contributed by atoms with E-state index in [1.165, 1.54) is 0 Å². The average molecular weight is 437 g/mol. The maximum absolute atomic E-state index is 13.2. The van der Waals surface area contributed by atoms with E-state index < -0.39 is 53.8 Å². The maximum Gasteiger partial charge on any atom is 0.419 e. The Morgan fingerprint density at radius 1 is 1.29 bits per heavy atom. The number of primary amides is 1. The fraction of sp³-hybridized carbons (Fsp3) is 0.267. The first kappa shape index (κ1) is 21.8. The predicted molar refractivity (Wildman–Crippen MR) is 92.5 cm³/mol. The summed E-state index contributed by atoms with van der Waals surface area (Å²) in [7, 11) is -4.79. The molecule has 8 nitrogen and oxygen atoms in total. The van der Waals surface area contributed by atoms with Crippen LogP contribution in [0.1, 0.15) is 29.8 Å². The minimum atomic E-state index is -4.99. The van der Waals surface area contributed by atoms with Gasteiger partial charge in [-0.3, -0.25) is 9.59 Å². The third kappa shape index (κ3) is 4.31. The Balaban J connectivity index is 2.62. The molecule has 0 aliphatic carbocycles. The Morgan fingerprint density at radius 2 is 1.89 bits per heavy atom. The van der Waals surface area contributed by atoms with Gasteiger partial charge in [0.2, 0.25) is 9.84 Å². The number of halogens is 3. The van der Waals surface area contributed by atoms with Crippen LogP contribution in [0, 0.1) is 0 Å². The lowest BCUT2D eigenvalue weighted by molar-refractivity contribution is -0.140. The van der Waals surface area contributed by atoms with E-state index in [1.807, 2.05) is 0 Å². The number of carbonyl (C=O) groups excluding carboxylic acids is 2. The molecule has 0 aromatic carbocycles. The lowest BCUT2D eigenvalue weighted by Crippen LogP contribution is -2.36. The van der Waals surface area contributed by atoms with Crippen LogP contribution >= 0.6 is 11.3 Å². The van der Waals surface area contributed by atoms with E-state index >= 15 is 0 Å². The van der Waals surface area contributed by atoms with Crippen LogP contribution in [-0.2, 0) is 20.8 Å². The molecule has 28 heavy (non-hydrogen) atoms. The van der Waals surface area contributed by atoms with Crippen LogP contribution in [0.2, 0.25) is 0 Å². The summed E-state index contributed by atoms with van der Waals surface area (Å²) in [5.41, 5.74) is 1.36. The standard InChI is InChI=1S/C15H14F3N3O5S2/c1-14(2,24)13(23)21-11-7(10(19)22)6-9(27-11)28(25,26)12-8(15(16,17)18)4-3-5-20-12/h3-6,24H,1-2H3,(H2,19,22)(H,21,23). The van der Waals surface area contributed by atoms with Crippen LogP contribution < -0.4 is 11.1 Å². The van der Waals surface area contributed by atoms with Crippen LogP contribution in [0.5, 0.6) is 0 Å². The van der Waals surface area contributed by atoms with E-state index in [2.05, 4.69) is 10.3 Å². The number of carbonyl (C=O) groups is 2. The summed E-state index contributed by atoms with van der Waals surface area (Å²) >= 11 is 0.314. The fourth-order valence-electron chi connectivity index (χ4n) is 1.95. The molecule has 0 bridgehead atoms. The largest absolute Gasteiger partial charge is 0.419 e. The summed E-state index contributed by atoms with van der Waals surface area (Å²) < 4.78 is 64.2. The smallest absolute Gasteiger partial charge is 0.381 e. The zero-order valence-electron chi connectivity index (χ0n) is 14.4. The Bertz CT molecular complexity index is 1040. The van der Waals surface area contributed by atoms with Gasteiger partial charge in [-0.2, -0.15) is 13.2 Å². The third-order valence-electron chi connectivity index (χ3n) is 3.35. The second kappa shape index (κ2) is 7.14. The Hall–Kier alpha value is -2.51. The number of nitrogens with zero attached hydrogens (tertiary/aromatic N) is 1. The van der Waals surface area contributed by atoms with Crippen molar-refractivity contribution in [1.82, 2.24) is 4.98 Å². The molecule has 0 atom stereocenters. The summed E-state index contributed by atoms with van der Waals surface area (Å²) in [5.74, 6) is -2.10. The Labute approximate surface area is 161 Å². The molecule has 2 rings (SSSR count). The molecule has 152 valence electrons. The number of pyridine rings is 1. The van der Waals surface area contributed by atoms with Crippen molar-refractivity contribution >= 4 is 38.0 Å². The van der Waals surface area contributed by atoms with Gasteiger partial charge >= 0.3 is 6.18 Å². The maximum atomic E-state index is 13.2. The lowest BCUT2D eigenvalue weighted by Gasteiger charge is -2.16. The van der Waals surface area contributed by atoms with Gasteiger partial charge in [0.15, 0.2) is 5.03 Å². The van der Waals surface area contributed by atoms with Gasteiger partial charge in [0.25, 0.3) is 11.8 Å². The Morgan fingerprint density at radius 3 is 2.39 bits per heavy atom. The van der Waals surface area contributed by atoms with E-state index in [9.17, 15) is 36.3 Å². The van der Waals surface area contributed by atoms with E-state index in [-0.39, 0.29) is 5.00 Å². The van der Waals surface area contributed by atoms with Crippen molar-refractivity contribution in [2.45, 2.75) is 34.9 Å².